The highest BCUT2D eigenvalue weighted by Crippen LogP contribution is 2.32. The molecule has 0 amide bonds. The zero-order valence-electron chi connectivity index (χ0n) is 17.1. The molecule has 0 spiro atoms. The zero-order chi connectivity index (χ0) is 19.9. The smallest absolute Gasteiger partial charge is 0.137 e. The molecule has 2 aliphatic rings. The van der Waals surface area contributed by atoms with E-state index in [0.29, 0.717) is 5.84 Å². The number of allylic oxidation sites excluding steroid dienone is 1. The molecule has 0 bridgehead atoms. The predicted molar refractivity (Wildman–Crippen MR) is 124 cm³/mol. The fourth-order valence-corrected chi connectivity index (χ4v) is 4.14. The molecule has 0 aliphatic carbocycles. The number of hydrogen-bond acceptors (Lipinski definition) is 4. The Labute approximate surface area is 172 Å². The first-order valence-corrected chi connectivity index (χ1v) is 10.9. The second-order valence-electron chi connectivity index (χ2n) is 7.08. The number of nitrogens with zero attached hydrogens (tertiary/aromatic N) is 2. The van der Waals surface area contributed by atoms with Gasteiger partial charge in [-0.15, -0.1) is 11.8 Å². The van der Waals surface area contributed by atoms with Crippen LogP contribution in [0, 0.1) is 0 Å². The molecule has 0 saturated heterocycles. The number of thioether (sulfide) groups is 1. The minimum atomic E-state index is 0.627. The number of H-pyrrole nitrogens is 1. The summed E-state index contributed by atoms with van der Waals surface area (Å²) in [5, 5.41) is 4.19. The van der Waals surface area contributed by atoms with Crippen molar-refractivity contribution < 1.29 is 0 Å². The number of rotatable bonds is 4. The molecule has 0 radical (unpaired) electrons. The van der Waals surface area contributed by atoms with E-state index >= 15 is 0 Å². The molecule has 3 heterocycles. The molecule has 0 unspecified atom stereocenters. The summed E-state index contributed by atoms with van der Waals surface area (Å²) in [4.78, 5) is 11.4. The number of aromatic amines is 1. The second kappa shape index (κ2) is 9.96. The van der Waals surface area contributed by atoms with Crippen LogP contribution in [0.5, 0.6) is 0 Å². The van der Waals surface area contributed by atoms with Crippen molar-refractivity contribution in [2.24, 2.45) is 10.7 Å². The van der Waals surface area contributed by atoms with Gasteiger partial charge in [0.1, 0.15) is 5.84 Å². The maximum Gasteiger partial charge on any atom is 0.137 e. The van der Waals surface area contributed by atoms with Gasteiger partial charge in [-0.3, -0.25) is 0 Å². The lowest BCUT2D eigenvalue weighted by Crippen LogP contribution is -2.23. The van der Waals surface area contributed by atoms with Crippen LogP contribution in [0.15, 0.2) is 46.4 Å². The van der Waals surface area contributed by atoms with E-state index in [2.05, 4.69) is 70.7 Å². The second-order valence-corrected chi connectivity index (χ2v) is 8.22. The lowest BCUT2D eigenvalue weighted by atomic mass is 9.99. The van der Waals surface area contributed by atoms with Crippen LogP contribution in [0.2, 0.25) is 0 Å². The van der Waals surface area contributed by atoms with Crippen molar-refractivity contribution in [3.05, 3.63) is 47.0 Å². The van der Waals surface area contributed by atoms with Gasteiger partial charge in [-0.05, 0) is 51.2 Å². The molecule has 2 aliphatic heterocycles. The van der Waals surface area contributed by atoms with Gasteiger partial charge in [-0.1, -0.05) is 25.1 Å². The molecular weight excluding hydrogens is 366 g/mol. The minimum absolute atomic E-state index is 0.627. The molecule has 0 atom stereocenters. The van der Waals surface area contributed by atoms with E-state index < -0.39 is 0 Å². The fraction of sp³-hybridized carbons (Fsp3) is 0.409. The number of amidine groups is 1. The van der Waals surface area contributed by atoms with Crippen molar-refractivity contribution in [2.75, 3.05) is 39.5 Å². The molecular formula is C22H31N5S. The van der Waals surface area contributed by atoms with Crippen LogP contribution in [0.1, 0.15) is 25.3 Å². The molecule has 1 aromatic heterocycles. The van der Waals surface area contributed by atoms with Crippen LogP contribution in [0.4, 0.5) is 5.69 Å². The van der Waals surface area contributed by atoms with Crippen LogP contribution < -0.4 is 11.1 Å². The first-order valence-electron chi connectivity index (χ1n) is 9.93. The summed E-state index contributed by atoms with van der Waals surface area (Å²) < 4.78 is 0. The minimum Gasteiger partial charge on any atom is -0.383 e. The lowest BCUT2D eigenvalue weighted by Gasteiger charge is -2.21. The maximum absolute atomic E-state index is 6.13. The molecule has 0 fully saturated rings. The van der Waals surface area contributed by atoms with Crippen molar-refractivity contribution in [2.45, 2.75) is 19.8 Å². The van der Waals surface area contributed by atoms with Crippen LogP contribution in [-0.4, -0.2) is 55.2 Å². The molecule has 6 heteroatoms. The maximum atomic E-state index is 6.13. The Bertz CT molecular complexity index is 891. The number of aromatic nitrogens is 1. The third kappa shape index (κ3) is 5.07. The first kappa shape index (κ1) is 20.7. The highest BCUT2D eigenvalue weighted by Gasteiger charge is 2.14. The monoisotopic (exact) mass is 397 g/mol. The van der Waals surface area contributed by atoms with E-state index in [-0.39, 0.29) is 0 Å². The van der Waals surface area contributed by atoms with Gasteiger partial charge in [0.2, 0.25) is 0 Å². The summed E-state index contributed by atoms with van der Waals surface area (Å²) in [7, 11) is 4.09. The molecule has 0 saturated carbocycles. The first-order chi connectivity index (χ1) is 13.6. The normalized spacial score (nSPS) is 17.9. The van der Waals surface area contributed by atoms with Crippen molar-refractivity contribution >= 4 is 39.8 Å². The molecule has 4 N–H and O–H groups in total. The van der Waals surface area contributed by atoms with Crippen molar-refractivity contribution in [1.82, 2.24) is 15.2 Å². The van der Waals surface area contributed by atoms with Crippen molar-refractivity contribution in [3.63, 3.8) is 0 Å². The molecule has 28 heavy (non-hydrogen) atoms. The van der Waals surface area contributed by atoms with Crippen LogP contribution in [-0.2, 0) is 0 Å². The molecule has 2 aromatic rings. The van der Waals surface area contributed by atoms with E-state index in [1.165, 1.54) is 16.5 Å². The van der Waals surface area contributed by atoms with E-state index in [1.54, 1.807) is 11.8 Å². The van der Waals surface area contributed by atoms with Crippen molar-refractivity contribution in [1.29, 1.82) is 0 Å². The average molecular weight is 398 g/mol. The molecule has 1 aromatic carbocycles. The van der Waals surface area contributed by atoms with Gasteiger partial charge < -0.3 is 20.9 Å². The summed E-state index contributed by atoms with van der Waals surface area (Å²) in [6, 6.07) is 6.30. The van der Waals surface area contributed by atoms with Gasteiger partial charge in [0, 0.05) is 46.4 Å². The van der Waals surface area contributed by atoms with Gasteiger partial charge in [-0.25, -0.2) is 4.99 Å². The topological polar surface area (TPSA) is 69.4 Å². The summed E-state index contributed by atoms with van der Waals surface area (Å²) in [5.74, 6) is 1.73. The Morgan fingerprint density at radius 2 is 2.18 bits per heavy atom. The van der Waals surface area contributed by atoms with Gasteiger partial charge in [0.05, 0.1) is 5.69 Å². The number of nitrogens with one attached hydrogen (secondary N) is 2. The van der Waals surface area contributed by atoms with E-state index in [4.69, 9.17) is 5.73 Å². The highest BCUT2D eigenvalue weighted by atomic mass is 32.2. The quantitative estimate of drug-likeness (QED) is 0.536. The Morgan fingerprint density at radius 1 is 1.36 bits per heavy atom. The number of fused-ring (bicyclic) bond motifs is 1. The summed E-state index contributed by atoms with van der Waals surface area (Å²) in [6.45, 7) is 5.28. The Balaban J connectivity index is 0.000000516. The average Bonchev–Trinajstić information content (AvgIpc) is 3.39. The number of benzene rings is 1. The summed E-state index contributed by atoms with van der Waals surface area (Å²) in [5.41, 5.74) is 10.9. The van der Waals surface area contributed by atoms with Gasteiger partial charge in [0.15, 0.2) is 0 Å². The highest BCUT2D eigenvalue weighted by molar-refractivity contribution is 8.04. The number of hydrogen-bond donors (Lipinski definition) is 3. The predicted octanol–water partition coefficient (Wildman–Crippen LogP) is 4.12. The number of nitrogens with two attached hydrogens (primary N) is 1. The molecule has 4 rings (SSSR count). The van der Waals surface area contributed by atoms with Gasteiger partial charge >= 0.3 is 0 Å². The summed E-state index contributed by atoms with van der Waals surface area (Å²) in [6.07, 6.45) is 8.80. The largest absolute Gasteiger partial charge is 0.383 e. The Hall–Kier alpha value is -2.02. The standard InChI is InChI=1S/C19H22N4S.C3H9N/c1-23-8-6-13(7-9-23)16-12-21-17-11-14(4-5-15(16)17)22-19(20)18-3-2-10-24-18;1-3-4-2/h3-6,11-12,21H,2,7-10H2,1H3,(H2,20,22);4H,3H2,1-2H3. The fourth-order valence-electron chi connectivity index (χ4n) is 3.26. The van der Waals surface area contributed by atoms with Crippen LogP contribution in [0.3, 0.4) is 0 Å². The number of likely N-dealkylation sites (N-methyl/N-ethyl adjacent to an activating group) is 1. The van der Waals surface area contributed by atoms with Gasteiger partial charge in [0.25, 0.3) is 0 Å². The van der Waals surface area contributed by atoms with E-state index in [0.717, 1.165) is 54.3 Å². The van der Waals surface area contributed by atoms with Gasteiger partial charge in [-0.2, -0.15) is 0 Å². The molecule has 5 nitrogen and oxygen atoms in total. The SMILES string of the molecule is CCNC.CN1CC=C(c2c[nH]c3cc(N=C(N)C4=CCCS4)ccc23)CC1. The van der Waals surface area contributed by atoms with Crippen LogP contribution in [0.25, 0.3) is 16.5 Å². The third-order valence-electron chi connectivity index (χ3n) is 4.98. The van der Waals surface area contributed by atoms with Crippen molar-refractivity contribution in [3.8, 4) is 0 Å². The zero-order valence-corrected chi connectivity index (χ0v) is 17.9. The Kier molecular flexibility index (Phi) is 7.36. The van der Waals surface area contributed by atoms with E-state index in [9.17, 15) is 0 Å². The molecule has 150 valence electrons. The van der Waals surface area contributed by atoms with E-state index in [1.807, 2.05) is 7.05 Å². The lowest BCUT2D eigenvalue weighted by molar-refractivity contribution is 0.370. The van der Waals surface area contributed by atoms with Crippen LogP contribution >= 0.6 is 11.8 Å². The summed E-state index contributed by atoms with van der Waals surface area (Å²) >= 11 is 1.78. The Morgan fingerprint density at radius 3 is 2.82 bits per heavy atom. The number of aliphatic imine (C=N–C) groups is 1. The third-order valence-corrected chi connectivity index (χ3v) is 6.11.